The number of rotatable bonds is 5. The predicted molar refractivity (Wildman–Crippen MR) is 52.7 cm³/mol. The van der Waals surface area contributed by atoms with E-state index in [4.69, 9.17) is 0 Å². The molecule has 1 atom stereocenters. The molecule has 1 N–H and O–H groups in total. The fraction of sp³-hybridized carbons (Fsp3) is 0.889. The normalized spacial score (nSPS) is 13.5. The van der Waals surface area contributed by atoms with Crippen molar-refractivity contribution in [2.45, 2.75) is 46.3 Å². The van der Waals surface area contributed by atoms with Crippen molar-refractivity contribution in [2.24, 2.45) is 5.92 Å². The van der Waals surface area contributed by atoms with Gasteiger partial charge in [0, 0.05) is 13.0 Å². The van der Waals surface area contributed by atoms with Gasteiger partial charge in [0.15, 0.2) is 5.82 Å². The lowest BCUT2D eigenvalue weighted by atomic mass is 10.0. The summed E-state index contributed by atoms with van der Waals surface area (Å²) in [5, 5.41) is 21.0. The summed E-state index contributed by atoms with van der Waals surface area (Å²) in [7, 11) is 0. The lowest BCUT2D eigenvalue weighted by molar-refractivity contribution is 0.122. The molecule has 80 valence electrons. The summed E-state index contributed by atoms with van der Waals surface area (Å²) in [4.78, 5) is 0. The first-order valence-corrected chi connectivity index (χ1v) is 5.08. The zero-order valence-electron chi connectivity index (χ0n) is 9.01. The highest BCUT2D eigenvalue weighted by molar-refractivity contribution is 4.85. The Morgan fingerprint density at radius 2 is 2.14 bits per heavy atom. The van der Waals surface area contributed by atoms with Crippen molar-refractivity contribution in [1.29, 1.82) is 0 Å². The van der Waals surface area contributed by atoms with Gasteiger partial charge in [0.05, 0.1) is 6.10 Å². The van der Waals surface area contributed by atoms with Gasteiger partial charge in [0.2, 0.25) is 0 Å². The van der Waals surface area contributed by atoms with Gasteiger partial charge in [-0.2, -0.15) is 0 Å². The van der Waals surface area contributed by atoms with Gasteiger partial charge in [-0.25, -0.2) is 4.68 Å². The van der Waals surface area contributed by atoms with E-state index in [1.807, 2.05) is 13.8 Å². The van der Waals surface area contributed by atoms with Crippen LogP contribution in [0.4, 0.5) is 0 Å². The number of aryl methyl sites for hydroxylation is 1. The minimum absolute atomic E-state index is 0.238. The Hall–Kier alpha value is -0.970. The van der Waals surface area contributed by atoms with E-state index >= 15 is 0 Å². The summed E-state index contributed by atoms with van der Waals surface area (Å²) in [6.45, 7) is 6.86. The van der Waals surface area contributed by atoms with Crippen molar-refractivity contribution < 1.29 is 5.11 Å². The fourth-order valence-electron chi connectivity index (χ4n) is 1.18. The standard InChI is InChI=1S/C9H18N4O/c1-4-5-13-9(10-11-12-13)6-8(14)7(2)3/h7-8,14H,4-6H2,1-3H3. The van der Waals surface area contributed by atoms with Crippen LogP contribution in [0.2, 0.25) is 0 Å². The number of hydrogen-bond donors (Lipinski definition) is 1. The minimum atomic E-state index is -0.364. The van der Waals surface area contributed by atoms with Crippen LogP contribution in [0, 0.1) is 5.92 Å². The highest BCUT2D eigenvalue weighted by atomic mass is 16.3. The Labute approximate surface area is 84.1 Å². The second-order valence-electron chi connectivity index (χ2n) is 3.83. The van der Waals surface area contributed by atoms with E-state index in [-0.39, 0.29) is 12.0 Å². The van der Waals surface area contributed by atoms with Crippen molar-refractivity contribution in [3.8, 4) is 0 Å². The maximum Gasteiger partial charge on any atom is 0.153 e. The van der Waals surface area contributed by atoms with Crippen molar-refractivity contribution >= 4 is 0 Å². The smallest absolute Gasteiger partial charge is 0.153 e. The average molecular weight is 198 g/mol. The largest absolute Gasteiger partial charge is 0.392 e. The first-order chi connectivity index (χ1) is 6.65. The minimum Gasteiger partial charge on any atom is -0.392 e. The van der Waals surface area contributed by atoms with Crippen LogP contribution < -0.4 is 0 Å². The predicted octanol–water partition coefficient (Wildman–Crippen LogP) is 0.642. The third kappa shape index (κ3) is 2.77. The zero-order valence-corrected chi connectivity index (χ0v) is 9.01. The van der Waals surface area contributed by atoms with Crippen molar-refractivity contribution in [3.05, 3.63) is 5.82 Å². The maximum atomic E-state index is 9.68. The van der Waals surface area contributed by atoms with Crippen LogP contribution in [0.5, 0.6) is 0 Å². The van der Waals surface area contributed by atoms with Gasteiger partial charge in [-0.15, -0.1) is 5.10 Å². The van der Waals surface area contributed by atoms with E-state index in [1.165, 1.54) is 0 Å². The molecule has 1 aromatic heterocycles. The second-order valence-corrected chi connectivity index (χ2v) is 3.83. The number of aromatic nitrogens is 4. The van der Waals surface area contributed by atoms with Gasteiger partial charge >= 0.3 is 0 Å². The molecule has 5 nitrogen and oxygen atoms in total. The fourth-order valence-corrected chi connectivity index (χ4v) is 1.18. The summed E-state index contributed by atoms with van der Waals surface area (Å²) in [5.41, 5.74) is 0. The summed E-state index contributed by atoms with van der Waals surface area (Å²) in [6.07, 6.45) is 1.16. The highest BCUT2D eigenvalue weighted by Crippen LogP contribution is 2.07. The molecule has 0 spiro atoms. The Kier molecular flexibility index (Phi) is 4.00. The van der Waals surface area contributed by atoms with Crippen LogP contribution in [0.3, 0.4) is 0 Å². The molecule has 5 heteroatoms. The first kappa shape index (κ1) is 11.1. The Bertz CT molecular complexity index is 272. The molecule has 1 aromatic rings. The molecule has 0 radical (unpaired) electrons. The van der Waals surface area contributed by atoms with Gasteiger partial charge in [0.1, 0.15) is 0 Å². The van der Waals surface area contributed by atoms with Gasteiger partial charge < -0.3 is 5.11 Å². The van der Waals surface area contributed by atoms with Gasteiger partial charge in [-0.3, -0.25) is 0 Å². The Balaban J connectivity index is 2.61. The molecule has 0 saturated carbocycles. The van der Waals surface area contributed by atoms with Crippen molar-refractivity contribution in [1.82, 2.24) is 20.2 Å². The Morgan fingerprint density at radius 3 is 2.71 bits per heavy atom. The molecule has 0 aliphatic heterocycles. The van der Waals surface area contributed by atoms with Gasteiger partial charge in [0.25, 0.3) is 0 Å². The van der Waals surface area contributed by atoms with Gasteiger partial charge in [-0.05, 0) is 22.8 Å². The quantitative estimate of drug-likeness (QED) is 0.754. The molecule has 1 rings (SSSR count). The molecule has 0 aliphatic carbocycles. The molecule has 1 heterocycles. The summed E-state index contributed by atoms with van der Waals surface area (Å²) >= 11 is 0. The van der Waals surface area contributed by atoms with E-state index in [0.29, 0.717) is 6.42 Å². The average Bonchev–Trinajstić information content (AvgIpc) is 2.53. The highest BCUT2D eigenvalue weighted by Gasteiger charge is 2.14. The monoisotopic (exact) mass is 198 g/mol. The maximum absolute atomic E-state index is 9.68. The molecule has 1 unspecified atom stereocenters. The van der Waals surface area contributed by atoms with Crippen LogP contribution in [-0.2, 0) is 13.0 Å². The second kappa shape index (κ2) is 5.05. The number of hydrogen-bond acceptors (Lipinski definition) is 4. The van der Waals surface area contributed by atoms with E-state index < -0.39 is 0 Å². The lowest BCUT2D eigenvalue weighted by Gasteiger charge is -2.13. The third-order valence-electron chi connectivity index (χ3n) is 2.20. The zero-order chi connectivity index (χ0) is 10.6. The third-order valence-corrected chi connectivity index (χ3v) is 2.20. The van der Waals surface area contributed by atoms with Crippen LogP contribution >= 0.6 is 0 Å². The Morgan fingerprint density at radius 1 is 1.43 bits per heavy atom. The van der Waals surface area contributed by atoms with Crippen LogP contribution in [-0.4, -0.2) is 31.4 Å². The molecule has 0 amide bonds. The van der Waals surface area contributed by atoms with Crippen LogP contribution in [0.15, 0.2) is 0 Å². The molecule has 14 heavy (non-hydrogen) atoms. The number of aliphatic hydroxyl groups is 1. The summed E-state index contributed by atoms with van der Waals surface area (Å²) in [6, 6.07) is 0. The summed E-state index contributed by atoms with van der Waals surface area (Å²) in [5.74, 6) is 1.01. The summed E-state index contributed by atoms with van der Waals surface area (Å²) < 4.78 is 1.76. The van der Waals surface area contributed by atoms with Crippen molar-refractivity contribution in [3.63, 3.8) is 0 Å². The molecule has 0 fully saturated rings. The van der Waals surface area contributed by atoms with Crippen LogP contribution in [0.25, 0.3) is 0 Å². The topological polar surface area (TPSA) is 63.8 Å². The number of nitrogens with zero attached hydrogens (tertiary/aromatic N) is 4. The van der Waals surface area contributed by atoms with E-state index in [9.17, 15) is 5.11 Å². The van der Waals surface area contributed by atoms with E-state index in [2.05, 4.69) is 22.4 Å². The van der Waals surface area contributed by atoms with E-state index in [1.54, 1.807) is 4.68 Å². The SMILES string of the molecule is CCCn1nnnc1CC(O)C(C)C. The molecular formula is C9H18N4O. The van der Waals surface area contributed by atoms with Crippen LogP contribution in [0.1, 0.15) is 33.0 Å². The molecule has 0 bridgehead atoms. The molecule has 0 aromatic carbocycles. The first-order valence-electron chi connectivity index (χ1n) is 5.08. The number of tetrazole rings is 1. The number of aliphatic hydroxyl groups excluding tert-OH is 1. The lowest BCUT2D eigenvalue weighted by Crippen LogP contribution is -2.20. The van der Waals surface area contributed by atoms with Gasteiger partial charge in [-0.1, -0.05) is 20.8 Å². The van der Waals surface area contributed by atoms with E-state index in [0.717, 1.165) is 18.8 Å². The molecule has 0 saturated heterocycles. The molecule has 0 aliphatic rings. The van der Waals surface area contributed by atoms with Crippen molar-refractivity contribution in [2.75, 3.05) is 0 Å². The molecular weight excluding hydrogens is 180 g/mol.